The highest BCUT2D eigenvalue weighted by molar-refractivity contribution is 5.85. The quantitative estimate of drug-likeness (QED) is 0.554. The summed E-state index contributed by atoms with van der Waals surface area (Å²) in [6, 6.07) is 11.9. The van der Waals surface area contributed by atoms with Crippen LogP contribution in [0.4, 0.5) is 4.39 Å². The maximum absolute atomic E-state index is 13.0. The lowest BCUT2D eigenvalue weighted by atomic mass is 10.2. The fourth-order valence-electron chi connectivity index (χ4n) is 1.77. The molecule has 0 spiro atoms. The van der Waals surface area contributed by atoms with Crippen molar-refractivity contribution < 1.29 is 28.6 Å². The molecule has 0 aliphatic rings. The van der Waals surface area contributed by atoms with Gasteiger partial charge in [0, 0.05) is 11.6 Å². The molecular weight excluding hydrogens is 331 g/mol. The number of benzene rings is 2. The number of para-hydroxylation sites is 1. The smallest absolute Gasteiger partial charge is 0.277 e. The van der Waals surface area contributed by atoms with E-state index in [2.05, 4.69) is 10.5 Å². The predicted molar refractivity (Wildman–Crippen MR) is 84.6 cm³/mol. The van der Waals surface area contributed by atoms with E-state index >= 15 is 0 Å². The van der Waals surface area contributed by atoms with Gasteiger partial charge in [0.1, 0.15) is 23.9 Å². The summed E-state index contributed by atoms with van der Waals surface area (Å²) >= 11 is 0. The lowest BCUT2D eigenvalue weighted by Crippen LogP contribution is -2.29. The van der Waals surface area contributed by atoms with Gasteiger partial charge < -0.3 is 19.4 Å². The van der Waals surface area contributed by atoms with Crippen LogP contribution >= 0.6 is 0 Å². The molecule has 8 heteroatoms. The molecule has 130 valence electrons. The van der Waals surface area contributed by atoms with Gasteiger partial charge in [-0.2, -0.15) is 5.10 Å². The Hall–Kier alpha value is -3.42. The molecular formula is C17H14FN2O5-. The van der Waals surface area contributed by atoms with Crippen LogP contribution in [-0.4, -0.2) is 31.3 Å². The Morgan fingerprint density at radius 3 is 2.68 bits per heavy atom. The van der Waals surface area contributed by atoms with E-state index < -0.39 is 24.3 Å². The minimum absolute atomic E-state index is 0.222. The largest absolute Gasteiger partial charge is 0.546 e. The molecule has 0 aromatic heterocycles. The van der Waals surface area contributed by atoms with Crippen LogP contribution in [0, 0.1) is 5.82 Å². The van der Waals surface area contributed by atoms with E-state index in [-0.39, 0.29) is 18.1 Å². The maximum Gasteiger partial charge on any atom is 0.277 e. The zero-order chi connectivity index (χ0) is 18.1. The van der Waals surface area contributed by atoms with Gasteiger partial charge in [-0.1, -0.05) is 18.2 Å². The molecule has 0 fully saturated rings. The number of hydrazone groups is 1. The molecule has 2 rings (SSSR count). The number of hydrogen-bond acceptors (Lipinski definition) is 6. The molecule has 0 saturated carbocycles. The number of nitrogens with zero attached hydrogens (tertiary/aromatic N) is 1. The van der Waals surface area contributed by atoms with E-state index in [9.17, 15) is 19.1 Å². The first-order valence-corrected chi connectivity index (χ1v) is 7.16. The van der Waals surface area contributed by atoms with E-state index in [0.717, 1.165) is 6.07 Å². The van der Waals surface area contributed by atoms with E-state index in [1.807, 2.05) is 0 Å². The van der Waals surface area contributed by atoms with Crippen LogP contribution < -0.4 is 20.0 Å². The average Bonchev–Trinajstić information content (AvgIpc) is 2.59. The molecule has 7 nitrogen and oxygen atoms in total. The molecule has 0 radical (unpaired) electrons. The number of halogens is 1. The van der Waals surface area contributed by atoms with Crippen LogP contribution in [0.25, 0.3) is 0 Å². The summed E-state index contributed by atoms with van der Waals surface area (Å²) < 4.78 is 23.1. The summed E-state index contributed by atoms with van der Waals surface area (Å²) in [5.74, 6) is -1.87. The van der Waals surface area contributed by atoms with Crippen LogP contribution in [0.1, 0.15) is 5.56 Å². The lowest BCUT2D eigenvalue weighted by Gasteiger charge is -2.09. The van der Waals surface area contributed by atoms with Gasteiger partial charge in [0.2, 0.25) is 0 Å². The second-order valence-electron chi connectivity index (χ2n) is 4.74. The summed E-state index contributed by atoms with van der Waals surface area (Å²) in [5.41, 5.74) is 2.70. The molecule has 0 atom stereocenters. The van der Waals surface area contributed by atoms with Gasteiger partial charge in [0.15, 0.2) is 6.61 Å². The van der Waals surface area contributed by atoms with Crippen LogP contribution in [0.5, 0.6) is 11.5 Å². The minimum atomic E-state index is -1.35. The van der Waals surface area contributed by atoms with Gasteiger partial charge in [0.05, 0.1) is 12.2 Å². The Bertz CT molecular complexity index is 779. The van der Waals surface area contributed by atoms with Crippen molar-refractivity contribution >= 4 is 18.1 Å². The van der Waals surface area contributed by atoms with E-state index in [0.29, 0.717) is 5.56 Å². The fraction of sp³-hybridized carbons (Fsp3) is 0.118. The molecule has 1 N–H and O–H groups in total. The van der Waals surface area contributed by atoms with Crippen LogP contribution in [0.3, 0.4) is 0 Å². The topological polar surface area (TPSA) is 100 Å². The first-order valence-electron chi connectivity index (χ1n) is 7.16. The second kappa shape index (κ2) is 9.02. The number of rotatable bonds is 8. The third kappa shape index (κ3) is 6.30. The number of carbonyl (C=O) groups is 2. The summed E-state index contributed by atoms with van der Waals surface area (Å²) in [7, 11) is 0. The Morgan fingerprint density at radius 2 is 1.92 bits per heavy atom. The molecule has 2 aromatic carbocycles. The van der Waals surface area contributed by atoms with Crippen LogP contribution in [0.15, 0.2) is 53.6 Å². The number of ether oxygens (including phenoxy) is 2. The highest BCUT2D eigenvalue weighted by atomic mass is 19.1. The van der Waals surface area contributed by atoms with E-state index in [1.165, 1.54) is 24.4 Å². The van der Waals surface area contributed by atoms with Crippen molar-refractivity contribution in [3.63, 3.8) is 0 Å². The maximum atomic E-state index is 13.0. The Morgan fingerprint density at radius 1 is 1.12 bits per heavy atom. The van der Waals surface area contributed by atoms with Crippen molar-refractivity contribution in [1.29, 1.82) is 0 Å². The molecule has 0 aliphatic heterocycles. The normalized spacial score (nSPS) is 10.4. The summed E-state index contributed by atoms with van der Waals surface area (Å²) in [6.45, 7) is -0.942. The molecule has 0 saturated heterocycles. The highest BCUT2D eigenvalue weighted by Gasteiger charge is 2.03. The molecule has 2 aromatic rings. The van der Waals surface area contributed by atoms with Gasteiger partial charge in [-0.05, 0) is 24.3 Å². The average molecular weight is 345 g/mol. The number of carboxylic acid groups (broad SMARTS) is 1. The molecule has 1 amide bonds. The van der Waals surface area contributed by atoms with Crippen LogP contribution in [0.2, 0.25) is 0 Å². The summed E-state index contributed by atoms with van der Waals surface area (Å²) in [4.78, 5) is 22.1. The monoisotopic (exact) mass is 345 g/mol. The Kier molecular flexibility index (Phi) is 6.47. The summed E-state index contributed by atoms with van der Waals surface area (Å²) in [5, 5.41) is 14.2. The molecule has 0 aliphatic carbocycles. The van der Waals surface area contributed by atoms with Gasteiger partial charge in [-0.3, -0.25) is 4.79 Å². The zero-order valence-corrected chi connectivity index (χ0v) is 13.0. The zero-order valence-electron chi connectivity index (χ0n) is 13.0. The van der Waals surface area contributed by atoms with Crippen molar-refractivity contribution in [2.45, 2.75) is 0 Å². The first kappa shape index (κ1) is 17.9. The third-order valence-corrected chi connectivity index (χ3v) is 2.82. The van der Waals surface area contributed by atoms with Crippen LogP contribution in [-0.2, 0) is 9.59 Å². The standard InChI is InChI=1S/C17H15FN2O5/c18-13-5-3-6-14(8-13)24-10-16(21)20-19-9-12-4-1-2-7-15(12)25-11-17(22)23/h1-9H,10-11H2,(H,20,21)(H,22,23)/p-1/b19-9-. The number of carbonyl (C=O) groups excluding carboxylic acids is 2. The fourth-order valence-corrected chi connectivity index (χ4v) is 1.77. The Labute approximate surface area is 142 Å². The van der Waals surface area contributed by atoms with Gasteiger partial charge in [0.25, 0.3) is 5.91 Å². The number of aliphatic carboxylic acids is 1. The second-order valence-corrected chi connectivity index (χ2v) is 4.74. The molecule has 0 heterocycles. The Balaban J connectivity index is 1.86. The molecule has 25 heavy (non-hydrogen) atoms. The van der Waals surface area contributed by atoms with E-state index in [4.69, 9.17) is 9.47 Å². The van der Waals surface area contributed by atoms with Gasteiger partial charge >= 0.3 is 0 Å². The lowest BCUT2D eigenvalue weighted by molar-refractivity contribution is -0.307. The highest BCUT2D eigenvalue weighted by Crippen LogP contribution is 2.15. The summed E-state index contributed by atoms with van der Waals surface area (Å²) in [6.07, 6.45) is 1.30. The number of hydrogen-bond donors (Lipinski definition) is 1. The van der Waals surface area contributed by atoms with Crippen molar-refractivity contribution in [3.05, 3.63) is 59.9 Å². The number of nitrogens with one attached hydrogen (secondary N) is 1. The van der Waals surface area contributed by atoms with Crippen molar-refractivity contribution in [2.75, 3.05) is 13.2 Å². The third-order valence-electron chi connectivity index (χ3n) is 2.82. The first-order chi connectivity index (χ1) is 12.0. The van der Waals surface area contributed by atoms with Crippen molar-refractivity contribution in [1.82, 2.24) is 5.43 Å². The SMILES string of the molecule is O=C([O-])COc1ccccc1/C=N\NC(=O)COc1cccc(F)c1. The number of carboxylic acids is 1. The molecule has 0 bridgehead atoms. The van der Waals surface area contributed by atoms with Gasteiger partial charge in [-0.15, -0.1) is 0 Å². The van der Waals surface area contributed by atoms with Crippen molar-refractivity contribution in [3.8, 4) is 11.5 Å². The predicted octanol–water partition coefficient (Wildman–Crippen LogP) is 0.483. The van der Waals surface area contributed by atoms with E-state index in [1.54, 1.807) is 24.3 Å². The minimum Gasteiger partial charge on any atom is -0.546 e. The number of amides is 1. The molecule has 0 unspecified atom stereocenters. The van der Waals surface area contributed by atoms with Crippen molar-refractivity contribution in [2.24, 2.45) is 5.10 Å². The van der Waals surface area contributed by atoms with Gasteiger partial charge in [-0.25, -0.2) is 9.82 Å².